The average Bonchev–Trinajstić information content (AvgIpc) is 3.14. The standard InChI is InChI=1S/C21H26FN3O3/c1-21(2,3)20(27)25-12-10-24(11-13-25)19(26)9-8-18-23-14-17(28-18)15-4-6-16(22)7-5-15/h4-7,14H,8-13H2,1-3H3. The molecule has 1 aromatic heterocycles. The molecule has 0 unspecified atom stereocenters. The maximum absolute atomic E-state index is 13.0. The lowest BCUT2D eigenvalue weighted by Gasteiger charge is -2.37. The summed E-state index contributed by atoms with van der Waals surface area (Å²) in [6, 6.07) is 5.99. The number of piperazine rings is 1. The number of amides is 2. The molecule has 0 N–H and O–H groups in total. The van der Waals surface area contributed by atoms with E-state index in [-0.39, 0.29) is 17.6 Å². The van der Waals surface area contributed by atoms with E-state index in [1.165, 1.54) is 12.1 Å². The molecule has 1 aliphatic heterocycles. The Bertz CT molecular complexity index is 831. The van der Waals surface area contributed by atoms with Crippen LogP contribution in [0.25, 0.3) is 11.3 Å². The SMILES string of the molecule is CC(C)(C)C(=O)N1CCN(C(=O)CCc2ncc(-c3ccc(F)cc3)o2)CC1. The number of nitrogens with zero attached hydrogens (tertiary/aromatic N) is 3. The number of rotatable bonds is 4. The normalized spacial score (nSPS) is 15.0. The van der Waals surface area contributed by atoms with E-state index in [0.29, 0.717) is 50.7 Å². The first-order valence-corrected chi connectivity index (χ1v) is 9.52. The van der Waals surface area contributed by atoms with Gasteiger partial charge in [-0.2, -0.15) is 0 Å². The number of hydrogen-bond donors (Lipinski definition) is 0. The fraction of sp³-hybridized carbons (Fsp3) is 0.476. The van der Waals surface area contributed by atoms with E-state index in [0.717, 1.165) is 5.56 Å². The van der Waals surface area contributed by atoms with Gasteiger partial charge in [0, 0.05) is 50.0 Å². The van der Waals surface area contributed by atoms with Crippen LogP contribution in [0.15, 0.2) is 34.9 Å². The van der Waals surface area contributed by atoms with Crippen molar-refractivity contribution in [2.45, 2.75) is 33.6 Å². The summed E-state index contributed by atoms with van der Waals surface area (Å²) in [5, 5.41) is 0. The first kappa shape index (κ1) is 20.0. The van der Waals surface area contributed by atoms with Crippen molar-refractivity contribution >= 4 is 11.8 Å². The Morgan fingerprint density at radius 2 is 1.68 bits per heavy atom. The van der Waals surface area contributed by atoms with Gasteiger partial charge in [-0.1, -0.05) is 20.8 Å². The van der Waals surface area contributed by atoms with Gasteiger partial charge in [-0.05, 0) is 24.3 Å². The van der Waals surface area contributed by atoms with Gasteiger partial charge < -0.3 is 14.2 Å². The van der Waals surface area contributed by atoms with Crippen molar-refractivity contribution in [3.8, 4) is 11.3 Å². The molecular formula is C21H26FN3O3. The molecular weight excluding hydrogens is 361 g/mol. The van der Waals surface area contributed by atoms with Crippen molar-refractivity contribution in [1.82, 2.24) is 14.8 Å². The summed E-state index contributed by atoms with van der Waals surface area (Å²) in [5.74, 6) is 0.876. The highest BCUT2D eigenvalue weighted by Crippen LogP contribution is 2.22. The van der Waals surface area contributed by atoms with Crippen molar-refractivity contribution in [1.29, 1.82) is 0 Å². The van der Waals surface area contributed by atoms with Crippen LogP contribution in [0.5, 0.6) is 0 Å². The van der Waals surface area contributed by atoms with E-state index in [9.17, 15) is 14.0 Å². The highest BCUT2D eigenvalue weighted by atomic mass is 19.1. The first-order chi connectivity index (χ1) is 13.2. The van der Waals surface area contributed by atoms with Crippen LogP contribution < -0.4 is 0 Å². The lowest BCUT2D eigenvalue weighted by Crippen LogP contribution is -2.53. The average molecular weight is 387 g/mol. The summed E-state index contributed by atoms with van der Waals surface area (Å²) in [5.41, 5.74) is 0.338. The first-order valence-electron chi connectivity index (χ1n) is 9.52. The second-order valence-corrected chi connectivity index (χ2v) is 8.05. The maximum atomic E-state index is 13.0. The third-order valence-corrected chi connectivity index (χ3v) is 4.80. The largest absolute Gasteiger partial charge is 0.441 e. The highest BCUT2D eigenvalue weighted by molar-refractivity contribution is 5.82. The molecule has 0 atom stereocenters. The third kappa shape index (κ3) is 4.77. The molecule has 0 radical (unpaired) electrons. The number of halogens is 1. The molecule has 1 aliphatic rings. The fourth-order valence-corrected chi connectivity index (χ4v) is 3.18. The van der Waals surface area contributed by atoms with Crippen molar-refractivity contribution in [2.75, 3.05) is 26.2 Å². The molecule has 0 saturated carbocycles. The van der Waals surface area contributed by atoms with Crippen LogP contribution in [0.3, 0.4) is 0 Å². The Balaban J connectivity index is 1.49. The monoisotopic (exact) mass is 387 g/mol. The Hall–Kier alpha value is -2.70. The molecule has 1 aromatic carbocycles. The number of carbonyl (C=O) groups is 2. The van der Waals surface area contributed by atoms with E-state index < -0.39 is 5.41 Å². The Kier molecular flexibility index (Phi) is 5.82. The van der Waals surface area contributed by atoms with Crippen LogP contribution in [-0.4, -0.2) is 52.8 Å². The quantitative estimate of drug-likeness (QED) is 0.808. The third-order valence-electron chi connectivity index (χ3n) is 4.80. The van der Waals surface area contributed by atoms with E-state index in [1.54, 1.807) is 23.2 Å². The number of carbonyl (C=O) groups excluding carboxylic acids is 2. The zero-order valence-electron chi connectivity index (χ0n) is 16.6. The number of benzene rings is 1. The molecule has 0 bridgehead atoms. The van der Waals surface area contributed by atoms with Crippen molar-refractivity contribution in [2.24, 2.45) is 5.41 Å². The van der Waals surface area contributed by atoms with E-state index >= 15 is 0 Å². The molecule has 1 fully saturated rings. The smallest absolute Gasteiger partial charge is 0.228 e. The molecule has 28 heavy (non-hydrogen) atoms. The second-order valence-electron chi connectivity index (χ2n) is 8.05. The molecule has 2 amide bonds. The topological polar surface area (TPSA) is 66.7 Å². The summed E-state index contributed by atoms with van der Waals surface area (Å²) in [6.45, 7) is 7.95. The van der Waals surface area contributed by atoms with Gasteiger partial charge in [0.25, 0.3) is 0 Å². The van der Waals surface area contributed by atoms with Gasteiger partial charge in [-0.15, -0.1) is 0 Å². The minimum atomic E-state index is -0.403. The van der Waals surface area contributed by atoms with Crippen molar-refractivity contribution in [3.63, 3.8) is 0 Å². The molecule has 3 rings (SSSR count). The van der Waals surface area contributed by atoms with Crippen LogP contribution in [-0.2, 0) is 16.0 Å². The second kappa shape index (κ2) is 8.12. The van der Waals surface area contributed by atoms with Gasteiger partial charge >= 0.3 is 0 Å². The molecule has 2 aromatic rings. The predicted octanol–water partition coefficient (Wildman–Crippen LogP) is 3.13. The van der Waals surface area contributed by atoms with Gasteiger partial charge in [-0.3, -0.25) is 9.59 Å². The summed E-state index contributed by atoms with van der Waals surface area (Å²) < 4.78 is 18.7. The Morgan fingerprint density at radius 1 is 1.07 bits per heavy atom. The van der Waals surface area contributed by atoms with Gasteiger partial charge in [0.15, 0.2) is 11.7 Å². The van der Waals surface area contributed by atoms with Crippen LogP contribution in [0, 0.1) is 11.2 Å². The predicted molar refractivity (Wildman–Crippen MR) is 103 cm³/mol. The molecule has 150 valence electrons. The van der Waals surface area contributed by atoms with Gasteiger partial charge in [0.1, 0.15) is 5.82 Å². The molecule has 7 heteroatoms. The van der Waals surface area contributed by atoms with E-state index in [4.69, 9.17) is 4.42 Å². The van der Waals surface area contributed by atoms with Crippen LogP contribution in [0.4, 0.5) is 4.39 Å². The van der Waals surface area contributed by atoms with Gasteiger partial charge in [-0.25, -0.2) is 9.37 Å². The summed E-state index contributed by atoms with van der Waals surface area (Å²) in [7, 11) is 0. The fourth-order valence-electron chi connectivity index (χ4n) is 3.18. The number of oxazole rings is 1. The number of aryl methyl sites for hydroxylation is 1. The van der Waals surface area contributed by atoms with E-state index in [2.05, 4.69) is 4.98 Å². The Labute approximate surface area is 164 Å². The minimum Gasteiger partial charge on any atom is -0.441 e. The lowest BCUT2D eigenvalue weighted by atomic mass is 9.94. The van der Waals surface area contributed by atoms with Gasteiger partial charge in [0.2, 0.25) is 11.8 Å². The van der Waals surface area contributed by atoms with Crippen LogP contribution in [0.2, 0.25) is 0 Å². The van der Waals surface area contributed by atoms with Gasteiger partial charge in [0.05, 0.1) is 6.20 Å². The van der Waals surface area contributed by atoms with E-state index in [1.807, 2.05) is 25.7 Å². The number of aromatic nitrogens is 1. The summed E-state index contributed by atoms with van der Waals surface area (Å²) in [6.07, 6.45) is 2.29. The maximum Gasteiger partial charge on any atom is 0.228 e. The zero-order chi connectivity index (χ0) is 20.3. The van der Waals surface area contributed by atoms with Crippen LogP contribution >= 0.6 is 0 Å². The minimum absolute atomic E-state index is 0.0318. The highest BCUT2D eigenvalue weighted by Gasteiger charge is 2.30. The summed E-state index contributed by atoms with van der Waals surface area (Å²) >= 11 is 0. The lowest BCUT2D eigenvalue weighted by molar-refractivity contribution is -0.144. The summed E-state index contributed by atoms with van der Waals surface area (Å²) in [4.78, 5) is 32.6. The molecule has 1 saturated heterocycles. The number of hydrogen-bond acceptors (Lipinski definition) is 4. The van der Waals surface area contributed by atoms with Crippen molar-refractivity contribution < 1.29 is 18.4 Å². The molecule has 2 heterocycles. The zero-order valence-corrected chi connectivity index (χ0v) is 16.6. The van der Waals surface area contributed by atoms with Crippen molar-refractivity contribution in [3.05, 3.63) is 42.2 Å². The molecule has 0 spiro atoms. The molecule has 0 aliphatic carbocycles. The molecule has 6 nitrogen and oxygen atoms in total. The Morgan fingerprint density at radius 3 is 2.29 bits per heavy atom. The van der Waals surface area contributed by atoms with Crippen LogP contribution in [0.1, 0.15) is 33.1 Å².